The number of nitrogens with one attached hydrogen (secondary N) is 1. The number of carboxylic acids is 1. The van der Waals surface area contributed by atoms with E-state index in [0.717, 1.165) is 0 Å². The lowest BCUT2D eigenvalue weighted by atomic mass is 10.1. The highest BCUT2D eigenvalue weighted by Crippen LogP contribution is 2.24. The molecule has 0 aliphatic rings. The lowest BCUT2D eigenvalue weighted by Crippen LogP contribution is -2.25. The van der Waals surface area contributed by atoms with Gasteiger partial charge in [0.25, 0.3) is 0 Å². The Morgan fingerprint density at radius 1 is 1.45 bits per heavy atom. The Balaban J connectivity index is 3.15. The molecule has 0 saturated carbocycles. The van der Waals surface area contributed by atoms with Crippen molar-refractivity contribution in [3.8, 4) is 0 Å². The van der Waals surface area contributed by atoms with E-state index in [1.807, 2.05) is 19.1 Å². The van der Waals surface area contributed by atoms with Crippen LogP contribution in [-0.4, -0.2) is 26.0 Å². The molecule has 1 aromatic carbocycles. The molecule has 0 bridgehead atoms. The number of sulfonamides is 1. The molecule has 0 aromatic heterocycles. The van der Waals surface area contributed by atoms with Gasteiger partial charge in [-0.1, -0.05) is 23.8 Å². The Morgan fingerprint density at radius 2 is 2.10 bits per heavy atom. The monoisotopic (exact) mass is 317 g/mol. The van der Waals surface area contributed by atoms with Crippen LogP contribution in [0.2, 0.25) is 5.02 Å². The maximum atomic E-state index is 12.2. The number of hydrogen-bond donors (Lipinski definition) is 2. The number of aromatic carboxylic acids is 1. The fourth-order valence-electron chi connectivity index (χ4n) is 1.68. The SMILES string of the molecule is C/C=C/CCNS(=O)(=O)c1cc(Cl)cc(C(=O)O)c1C. The first-order valence-electron chi connectivity index (χ1n) is 5.94. The Hall–Kier alpha value is -1.37. The molecule has 0 aliphatic heterocycles. The summed E-state index contributed by atoms with van der Waals surface area (Å²) >= 11 is 5.79. The van der Waals surface area contributed by atoms with Crippen molar-refractivity contribution in [1.29, 1.82) is 0 Å². The molecule has 1 aromatic rings. The number of halogens is 1. The zero-order chi connectivity index (χ0) is 15.3. The number of benzene rings is 1. The van der Waals surface area contributed by atoms with Crippen molar-refractivity contribution in [1.82, 2.24) is 4.72 Å². The molecule has 0 saturated heterocycles. The van der Waals surface area contributed by atoms with E-state index in [4.69, 9.17) is 16.7 Å². The second kappa shape index (κ2) is 6.88. The molecule has 110 valence electrons. The zero-order valence-electron chi connectivity index (χ0n) is 11.2. The van der Waals surface area contributed by atoms with Gasteiger partial charge in [0.05, 0.1) is 10.5 Å². The van der Waals surface area contributed by atoms with Gasteiger partial charge < -0.3 is 5.11 Å². The van der Waals surface area contributed by atoms with Gasteiger partial charge in [0.15, 0.2) is 0 Å². The molecule has 5 nitrogen and oxygen atoms in total. The summed E-state index contributed by atoms with van der Waals surface area (Å²) < 4.78 is 26.7. The van der Waals surface area contributed by atoms with Gasteiger partial charge in [-0.15, -0.1) is 0 Å². The molecule has 0 spiro atoms. The predicted molar refractivity (Wildman–Crippen MR) is 77.8 cm³/mol. The summed E-state index contributed by atoms with van der Waals surface area (Å²) in [5.74, 6) is -1.21. The smallest absolute Gasteiger partial charge is 0.336 e. The van der Waals surface area contributed by atoms with Crippen molar-refractivity contribution in [3.05, 3.63) is 40.4 Å². The third kappa shape index (κ3) is 4.06. The number of carboxylic acid groups (broad SMARTS) is 1. The zero-order valence-corrected chi connectivity index (χ0v) is 12.8. The van der Waals surface area contributed by atoms with Crippen molar-refractivity contribution in [3.63, 3.8) is 0 Å². The number of hydrogen-bond acceptors (Lipinski definition) is 3. The van der Waals surface area contributed by atoms with Crippen molar-refractivity contribution < 1.29 is 18.3 Å². The fourth-order valence-corrected chi connectivity index (χ4v) is 3.30. The van der Waals surface area contributed by atoms with Crippen molar-refractivity contribution >= 4 is 27.6 Å². The van der Waals surface area contributed by atoms with Gasteiger partial charge in [0.2, 0.25) is 10.0 Å². The maximum absolute atomic E-state index is 12.2. The molecule has 7 heteroatoms. The summed E-state index contributed by atoms with van der Waals surface area (Å²) in [5.41, 5.74) is 0.0479. The normalized spacial score (nSPS) is 11.9. The van der Waals surface area contributed by atoms with Gasteiger partial charge in [-0.05, 0) is 38.0 Å². The summed E-state index contributed by atoms with van der Waals surface area (Å²) in [7, 11) is -3.78. The fraction of sp³-hybridized carbons (Fsp3) is 0.308. The van der Waals surface area contributed by atoms with Crippen LogP contribution < -0.4 is 4.72 Å². The van der Waals surface area contributed by atoms with Crippen LogP contribution in [0.1, 0.15) is 29.3 Å². The first-order valence-corrected chi connectivity index (χ1v) is 7.80. The van der Waals surface area contributed by atoms with E-state index in [1.165, 1.54) is 19.1 Å². The molecule has 0 fully saturated rings. The highest BCUT2D eigenvalue weighted by atomic mass is 35.5. The van der Waals surface area contributed by atoms with E-state index in [9.17, 15) is 13.2 Å². The van der Waals surface area contributed by atoms with E-state index in [-0.39, 0.29) is 27.6 Å². The first kappa shape index (κ1) is 16.7. The van der Waals surface area contributed by atoms with Crippen LogP contribution in [0.4, 0.5) is 0 Å². The molecule has 0 atom stereocenters. The predicted octanol–water partition coefficient (Wildman–Crippen LogP) is 2.59. The lowest BCUT2D eigenvalue weighted by Gasteiger charge is -2.11. The summed E-state index contributed by atoms with van der Waals surface area (Å²) in [6.07, 6.45) is 4.21. The van der Waals surface area contributed by atoms with Gasteiger partial charge in [0.1, 0.15) is 0 Å². The maximum Gasteiger partial charge on any atom is 0.336 e. The van der Waals surface area contributed by atoms with Crippen LogP contribution in [0.3, 0.4) is 0 Å². The van der Waals surface area contributed by atoms with E-state index in [1.54, 1.807) is 0 Å². The minimum atomic E-state index is -3.78. The van der Waals surface area contributed by atoms with E-state index >= 15 is 0 Å². The van der Waals surface area contributed by atoms with Crippen molar-refractivity contribution in [2.75, 3.05) is 6.54 Å². The average Bonchev–Trinajstić information content (AvgIpc) is 2.36. The Bertz CT molecular complexity index is 638. The number of rotatable bonds is 6. The molecule has 0 amide bonds. The molecule has 20 heavy (non-hydrogen) atoms. The van der Waals surface area contributed by atoms with Gasteiger partial charge in [-0.25, -0.2) is 17.9 Å². The molecular weight excluding hydrogens is 302 g/mol. The van der Waals surface area contributed by atoms with Crippen LogP contribution >= 0.6 is 11.6 Å². The number of allylic oxidation sites excluding steroid dienone is 1. The average molecular weight is 318 g/mol. The quantitative estimate of drug-likeness (QED) is 0.624. The van der Waals surface area contributed by atoms with E-state index in [0.29, 0.717) is 6.42 Å². The molecule has 0 radical (unpaired) electrons. The third-order valence-electron chi connectivity index (χ3n) is 2.68. The topological polar surface area (TPSA) is 83.5 Å². The van der Waals surface area contributed by atoms with Gasteiger partial charge in [-0.2, -0.15) is 0 Å². The first-order chi connectivity index (χ1) is 9.29. The van der Waals surface area contributed by atoms with Gasteiger partial charge >= 0.3 is 5.97 Å². The van der Waals surface area contributed by atoms with Crippen LogP contribution in [-0.2, 0) is 10.0 Å². The van der Waals surface area contributed by atoms with E-state index < -0.39 is 16.0 Å². The van der Waals surface area contributed by atoms with Gasteiger partial charge in [0, 0.05) is 11.6 Å². The summed E-state index contributed by atoms with van der Waals surface area (Å²) in [4.78, 5) is 11.0. The summed E-state index contributed by atoms with van der Waals surface area (Å²) in [6, 6.07) is 2.49. The van der Waals surface area contributed by atoms with Gasteiger partial charge in [-0.3, -0.25) is 0 Å². The minimum absolute atomic E-state index is 0.0711. The molecule has 2 N–H and O–H groups in total. The Kier molecular flexibility index (Phi) is 5.74. The summed E-state index contributed by atoms with van der Waals surface area (Å²) in [6.45, 7) is 3.52. The van der Waals surface area contributed by atoms with Crippen LogP contribution in [0.5, 0.6) is 0 Å². The van der Waals surface area contributed by atoms with Crippen LogP contribution in [0, 0.1) is 6.92 Å². The molecule has 1 rings (SSSR count). The molecular formula is C13H16ClNO4S. The second-order valence-electron chi connectivity index (χ2n) is 4.14. The number of carbonyl (C=O) groups is 1. The molecule has 0 heterocycles. The lowest BCUT2D eigenvalue weighted by molar-refractivity contribution is 0.0696. The molecule has 0 aliphatic carbocycles. The minimum Gasteiger partial charge on any atom is -0.478 e. The standard InChI is InChI=1S/C13H16ClNO4S/c1-3-4-5-6-15-20(18,19)12-8-10(14)7-11(9(12)2)13(16)17/h3-4,7-8,15H,5-6H2,1-2H3,(H,16,17)/b4-3+. The summed E-state index contributed by atoms with van der Waals surface area (Å²) in [5, 5.41) is 9.11. The Morgan fingerprint density at radius 3 is 2.65 bits per heavy atom. The molecule has 0 unspecified atom stereocenters. The highest BCUT2D eigenvalue weighted by molar-refractivity contribution is 7.89. The van der Waals surface area contributed by atoms with Crippen molar-refractivity contribution in [2.45, 2.75) is 25.2 Å². The van der Waals surface area contributed by atoms with Crippen molar-refractivity contribution in [2.24, 2.45) is 0 Å². The van der Waals surface area contributed by atoms with E-state index in [2.05, 4.69) is 4.72 Å². The largest absolute Gasteiger partial charge is 0.478 e. The van der Waals surface area contributed by atoms with Crippen LogP contribution in [0.15, 0.2) is 29.2 Å². The van der Waals surface area contributed by atoms with Crippen LogP contribution in [0.25, 0.3) is 0 Å². The third-order valence-corrected chi connectivity index (χ3v) is 4.49. The second-order valence-corrected chi connectivity index (χ2v) is 6.31. The highest BCUT2D eigenvalue weighted by Gasteiger charge is 2.21. The Labute approximate surface area is 123 Å².